The molecule has 1 saturated heterocycles. The average molecular weight is 200 g/mol. The van der Waals surface area contributed by atoms with Crippen LogP contribution in [0.3, 0.4) is 0 Å². The van der Waals surface area contributed by atoms with Crippen molar-refractivity contribution in [1.82, 2.24) is 0 Å². The van der Waals surface area contributed by atoms with Crippen molar-refractivity contribution in [1.29, 1.82) is 0 Å². The van der Waals surface area contributed by atoms with Crippen LogP contribution in [-0.4, -0.2) is 19.0 Å². The Hall–Kier alpha value is -0.0800. The average Bonchev–Trinajstić information content (AvgIpc) is 2.20. The van der Waals surface area contributed by atoms with Crippen molar-refractivity contribution in [2.45, 2.75) is 59.2 Å². The van der Waals surface area contributed by atoms with Crippen molar-refractivity contribution in [3.8, 4) is 0 Å². The van der Waals surface area contributed by atoms with Gasteiger partial charge >= 0.3 is 0 Å². The van der Waals surface area contributed by atoms with Crippen molar-refractivity contribution >= 4 is 0 Å². The van der Waals surface area contributed by atoms with E-state index < -0.39 is 0 Å². The van der Waals surface area contributed by atoms with Gasteiger partial charge in [0.15, 0.2) is 5.79 Å². The van der Waals surface area contributed by atoms with Crippen LogP contribution in [0.4, 0.5) is 0 Å². The molecule has 14 heavy (non-hydrogen) atoms. The third-order valence-electron chi connectivity index (χ3n) is 3.57. The Balaban J connectivity index is 2.51. The standard InChI is InChI=1S/C12H24O2/c1-5-8-11(4)13-9-12(6-2,7-3)10-14-11/h5-10H2,1-4H3. The molecular weight excluding hydrogens is 176 g/mol. The van der Waals surface area contributed by atoms with E-state index in [9.17, 15) is 0 Å². The minimum absolute atomic E-state index is 0.271. The molecule has 0 aliphatic carbocycles. The van der Waals surface area contributed by atoms with E-state index in [1.54, 1.807) is 0 Å². The van der Waals surface area contributed by atoms with E-state index in [2.05, 4.69) is 27.7 Å². The van der Waals surface area contributed by atoms with Gasteiger partial charge in [-0.2, -0.15) is 0 Å². The molecule has 0 atom stereocenters. The van der Waals surface area contributed by atoms with Crippen LogP contribution in [0, 0.1) is 5.41 Å². The molecule has 1 heterocycles. The van der Waals surface area contributed by atoms with Gasteiger partial charge in [-0.3, -0.25) is 0 Å². The Morgan fingerprint density at radius 1 is 1.00 bits per heavy atom. The second-order valence-electron chi connectivity index (χ2n) is 4.67. The molecular formula is C12H24O2. The maximum absolute atomic E-state index is 5.88. The predicted molar refractivity (Wildman–Crippen MR) is 58.2 cm³/mol. The first-order valence-electron chi connectivity index (χ1n) is 5.87. The molecule has 0 bridgehead atoms. The largest absolute Gasteiger partial charge is 0.350 e. The fourth-order valence-corrected chi connectivity index (χ4v) is 1.95. The minimum Gasteiger partial charge on any atom is -0.350 e. The summed E-state index contributed by atoms with van der Waals surface area (Å²) in [6, 6.07) is 0. The van der Waals surface area contributed by atoms with E-state index in [0.717, 1.165) is 38.9 Å². The first-order valence-corrected chi connectivity index (χ1v) is 5.87. The molecule has 84 valence electrons. The summed E-state index contributed by atoms with van der Waals surface area (Å²) < 4.78 is 11.8. The Morgan fingerprint density at radius 3 is 1.86 bits per heavy atom. The SMILES string of the molecule is CCCC1(C)OCC(CC)(CC)CO1. The number of hydrogen-bond donors (Lipinski definition) is 0. The minimum atomic E-state index is -0.317. The molecule has 0 aromatic carbocycles. The Labute approximate surface area is 88.0 Å². The van der Waals surface area contributed by atoms with Crippen LogP contribution in [0.1, 0.15) is 53.4 Å². The molecule has 1 fully saturated rings. The second-order valence-corrected chi connectivity index (χ2v) is 4.67. The molecule has 0 amide bonds. The lowest BCUT2D eigenvalue weighted by Crippen LogP contribution is -2.47. The molecule has 0 radical (unpaired) electrons. The summed E-state index contributed by atoms with van der Waals surface area (Å²) in [6.07, 6.45) is 4.40. The van der Waals surface area contributed by atoms with Crippen molar-refractivity contribution < 1.29 is 9.47 Å². The van der Waals surface area contributed by atoms with Gasteiger partial charge in [-0.1, -0.05) is 27.2 Å². The molecule has 0 unspecified atom stereocenters. The highest BCUT2D eigenvalue weighted by Crippen LogP contribution is 2.36. The second kappa shape index (κ2) is 4.63. The molecule has 1 aliphatic heterocycles. The van der Waals surface area contributed by atoms with Crippen molar-refractivity contribution in [3.63, 3.8) is 0 Å². The summed E-state index contributed by atoms with van der Waals surface area (Å²) >= 11 is 0. The zero-order valence-corrected chi connectivity index (χ0v) is 10.1. The quantitative estimate of drug-likeness (QED) is 0.693. The van der Waals surface area contributed by atoms with Gasteiger partial charge in [0.1, 0.15) is 0 Å². The lowest BCUT2D eigenvalue weighted by molar-refractivity contribution is -0.298. The Kier molecular flexibility index (Phi) is 3.96. The molecule has 0 spiro atoms. The molecule has 1 aliphatic rings. The fraction of sp³-hybridized carbons (Fsp3) is 1.00. The van der Waals surface area contributed by atoms with Gasteiger partial charge in [0.25, 0.3) is 0 Å². The number of rotatable bonds is 4. The summed E-state index contributed by atoms with van der Waals surface area (Å²) in [6.45, 7) is 10.4. The van der Waals surface area contributed by atoms with Gasteiger partial charge < -0.3 is 9.47 Å². The van der Waals surface area contributed by atoms with Crippen LogP contribution in [0.5, 0.6) is 0 Å². The van der Waals surface area contributed by atoms with Crippen LogP contribution in [0.2, 0.25) is 0 Å². The van der Waals surface area contributed by atoms with Gasteiger partial charge in [0.05, 0.1) is 13.2 Å². The first-order chi connectivity index (χ1) is 6.60. The first kappa shape index (κ1) is 12.0. The highest BCUT2D eigenvalue weighted by Gasteiger charge is 2.39. The van der Waals surface area contributed by atoms with E-state index in [0.29, 0.717) is 0 Å². The van der Waals surface area contributed by atoms with Crippen molar-refractivity contribution in [2.24, 2.45) is 5.41 Å². The third-order valence-corrected chi connectivity index (χ3v) is 3.57. The van der Waals surface area contributed by atoms with Gasteiger partial charge in [-0.05, 0) is 19.8 Å². The molecule has 0 N–H and O–H groups in total. The van der Waals surface area contributed by atoms with Crippen LogP contribution in [0.15, 0.2) is 0 Å². The smallest absolute Gasteiger partial charge is 0.165 e. The summed E-state index contributed by atoms with van der Waals surface area (Å²) in [5.74, 6) is -0.317. The van der Waals surface area contributed by atoms with E-state index >= 15 is 0 Å². The van der Waals surface area contributed by atoms with Crippen LogP contribution in [-0.2, 0) is 9.47 Å². The zero-order chi connectivity index (χ0) is 10.7. The highest BCUT2D eigenvalue weighted by atomic mass is 16.7. The Bertz CT molecular complexity index is 163. The van der Waals surface area contributed by atoms with Gasteiger partial charge in [-0.25, -0.2) is 0 Å². The summed E-state index contributed by atoms with van der Waals surface area (Å²) in [7, 11) is 0. The number of ether oxygens (including phenoxy) is 2. The lowest BCUT2D eigenvalue weighted by atomic mass is 9.83. The van der Waals surface area contributed by atoms with Gasteiger partial charge in [0.2, 0.25) is 0 Å². The molecule has 1 rings (SSSR count). The maximum Gasteiger partial charge on any atom is 0.165 e. The van der Waals surface area contributed by atoms with Crippen LogP contribution >= 0.6 is 0 Å². The third kappa shape index (κ3) is 2.48. The maximum atomic E-state index is 5.88. The predicted octanol–water partition coefficient (Wildman–Crippen LogP) is 3.36. The van der Waals surface area contributed by atoms with Crippen LogP contribution in [0.25, 0.3) is 0 Å². The molecule has 0 aromatic heterocycles. The van der Waals surface area contributed by atoms with E-state index in [1.165, 1.54) is 0 Å². The Morgan fingerprint density at radius 2 is 1.50 bits per heavy atom. The van der Waals surface area contributed by atoms with Gasteiger partial charge in [0, 0.05) is 11.8 Å². The molecule has 2 heteroatoms. The van der Waals surface area contributed by atoms with Gasteiger partial charge in [-0.15, -0.1) is 0 Å². The number of hydrogen-bond acceptors (Lipinski definition) is 2. The topological polar surface area (TPSA) is 18.5 Å². The van der Waals surface area contributed by atoms with Crippen molar-refractivity contribution in [3.05, 3.63) is 0 Å². The normalized spacial score (nSPS) is 24.9. The molecule has 0 aromatic rings. The summed E-state index contributed by atoms with van der Waals surface area (Å²) in [5, 5.41) is 0. The zero-order valence-electron chi connectivity index (χ0n) is 10.1. The monoisotopic (exact) mass is 200 g/mol. The summed E-state index contributed by atoms with van der Waals surface area (Å²) in [4.78, 5) is 0. The molecule has 0 saturated carbocycles. The highest BCUT2D eigenvalue weighted by molar-refractivity contribution is 4.82. The van der Waals surface area contributed by atoms with E-state index in [-0.39, 0.29) is 11.2 Å². The molecule has 2 nitrogen and oxygen atoms in total. The van der Waals surface area contributed by atoms with E-state index in [4.69, 9.17) is 9.47 Å². The van der Waals surface area contributed by atoms with Crippen LogP contribution < -0.4 is 0 Å². The lowest BCUT2D eigenvalue weighted by Gasteiger charge is -2.44. The van der Waals surface area contributed by atoms with Crippen molar-refractivity contribution in [2.75, 3.05) is 13.2 Å². The summed E-state index contributed by atoms with van der Waals surface area (Å²) in [5.41, 5.74) is 0.271. The van der Waals surface area contributed by atoms with E-state index in [1.807, 2.05) is 0 Å². The fourth-order valence-electron chi connectivity index (χ4n) is 1.95.